The summed E-state index contributed by atoms with van der Waals surface area (Å²) in [6, 6.07) is 39.8. The van der Waals surface area contributed by atoms with Gasteiger partial charge in [0.1, 0.15) is 11.2 Å². The fourth-order valence-electron chi connectivity index (χ4n) is 7.42. The lowest BCUT2D eigenvalue weighted by atomic mass is 9.83. The van der Waals surface area contributed by atoms with Gasteiger partial charge in [-0.05, 0) is 114 Å². The van der Waals surface area contributed by atoms with Crippen molar-refractivity contribution < 1.29 is 18.1 Å². The highest BCUT2D eigenvalue weighted by Crippen LogP contribution is 2.48. The van der Waals surface area contributed by atoms with E-state index >= 15 is 0 Å². The first-order valence-corrected chi connectivity index (χ1v) is 16.7. The van der Waals surface area contributed by atoms with E-state index in [0.29, 0.717) is 22.3 Å². The molecular weight excluding hydrogens is 617 g/mol. The lowest BCUT2D eigenvalue weighted by Crippen LogP contribution is -1.92. The molecule has 0 aliphatic rings. The summed E-state index contributed by atoms with van der Waals surface area (Å²) in [4.78, 5) is 0. The van der Waals surface area contributed by atoms with Crippen molar-refractivity contribution in [3.8, 4) is 55.6 Å². The molecule has 0 aliphatic heterocycles. The van der Waals surface area contributed by atoms with Gasteiger partial charge in [-0.15, -0.1) is 0 Å². The van der Waals surface area contributed by atoms with E-state index < -0.39 is 36.3 Å². The van der Waals surface area contributed by atoms with E-state index in [1.807, 2.05) is 84.9 Å². The number of rotatable bonds is 5. The lowest BCUT2D eigenvalue weighted by Gasteiger charge is -2.19. The van der Waals surface area contributed by atoms with Gasteiger partial charge in [-0.25, -0.2) is 0 Å². The molecule has 0 atom stereocenters. The molecule has 0 fully saturated rings. The first-order valence-electron chi connectivity index (χ1n) is 21.7. The minimum atomic E-state index is -0.447. The van der Waals surface area contributed by atoms with Crippen LogP contribution < -0.4 is 0 Å². The summed E-state index contributed by atoms with van der Waals surface area (Å²) in [6.07, 6.45) is 0. The largest absolute Gasteiger partial charge is 0.456 e. The summed E-state index contributed by atoms with van der Waals surface area (Å²) in [5.41, 5.74) is 7.70. The van der Waals surface area contributed by atoms with Gasteiger partial charge >= 0.3 is 0 Å². The molecule has 0 spiro atoms. The maximum atomic E-state index is 8.90. The number of hydrogen-bond donors (Lipinski definition) is 0. The molecule has 0 unspecified atom stereocenters. The van der Waals surface area contributed by atoms with Crippen molar-refractivity contribution in [3.63, 3.8) is 0 Å². The molecule has 9 aromatic carbocycles. The van der Waals surface area contributed by atoms with Gasteiger partial charge in [-0.1, -0.05) is 157 Å². The summed E-state index contributed by atoms with van der Waals surface area (Å²) in [6.45, 7) is 0. The van der Waals surface area contributed by atoms with Crippen LogP contribution in [0, 0.1) is 0 Å². The van der Waals surface area contributed by atoms with Crippen LogP contribution in [0.25, 0.3) is 99.1 Å². The molecule has 0 saturated carbocycles. The van der Waals surface area contributed by atoms with Crippen LogP contribution in [0.1, 0.15) is 13.7 Å². The van der Waals surface area contributed by atoms with Gasteiger partial charge in [0, 0.05) is 10.8 Å². The molecule has 0 N–H and O–H groups in total. The molecule has 0 bridgehead atoms. The van der Waals surface area contributed by atoms with Gasteiger partial charge in [0.05, 0.1) is 13.7 Å². The molecule has 1 heteroatoms. The Morgan fingerprint density at radius 1 is 0.333 bits per heavy atom. The van der Waals surface area contributed by atoms with Crippen molar-refractivity contribution in [2.75, 3.05) is 0 Å². The fourth-order valence-corrected chi connectivity index (χ4v) is 7.42. The van der Waals surface area contributed by atoms with Gasteiger partial charge in [0.15, 0.2) is 0 Å². The fraction of sp³-hybridized carbons (Fsp3) is 0. The van der Waals surface area contributed by atoms with Crippen LogP contribution in [0.2, 0.25) is 0 Å². The molecule has 1 heterocycles. The van der Waals surface area contributed by atoms with Crippen molar-refractivity contribution >= 4 is 43.5 Å². The third-order valence-electron chi connectivity index (χ3n) is 9.60. The summed E-state index contributed by atoms with van der Waals surface area (Å²) < 4.78 is 91.2. The zero-order chi connectivity index (χ0) is 42.4. The third kappa shape index (κ3) is 4.94. The predicted molar refractivity (Wildman–Crippen MR) is 216 cm³/mol. The Labute approximate surface area is 310 Å². The molecule has 0 saturated heterocycles. The molecule has 0 radical (unpaired) electrons. The second kappa shape index (κ2) is 12.0. The van der Waals surface area contributed by atoms with Gasteiger partial charge in [-0.2, -0.15) is 0 Å². The van der Waals surface area contributed by atoms with Gasteiger partial charge in [0.2, 0.25) is 0 Å². The van der Waals surface area contributed by atoms with Crippen LogP contribution >= 0.6 is 0 Å². The Morgan fingerprint density at radius 3 is 1.53 bits per heavy atom. The first-order chi connectivity index (χ1) is 29.4. The third-order valence-corrected chi connectivity index (χ3v) is 9.60. The standard InChI is InChI=1S/C50H32O/c1-4-15-33(16-5-1)36-27-28-44-47(32-36)51-46-26-14-25-45(50(44)46)49-42-23-12-10-21-40(42)48(41-22-11-13-24-43(41)49)39-30-37(34-17-6-2-7-18-34)29-38(31-39)35-19-8-3-9-20-35/h1-32H/i1D,2D,4D,5D,6D,7D,15D,16D,17D,18D. The van der Waals surface area contributed by atoms with Crippen molar-refractivity contribution in [2.24, 2.45) is 0 Å². The van der Waals surface area contributed by atoms with E-state index in [4.69, 9.17) is 18.1 Å². The van der Waals surface area contributed by atoms with Gasteiger partial charge in [-0.3, -0.25) is 0 Å². The van der Waals surface area contributed by atoms with Crippen LogP contribution in [-0.2, 0) is 0 Å². The minimum Gasteiger partial charge on any atom is -0.456 e. The molecule has 0 amide bonds. The van der Waals surface area contributed by atoms with Crippen LogP contribution in [-0.4, -0.2) is 0 Å². The molecule has 1 aromatic heterocycles. The predicted octanol–water partition coefficient (Wildman–Crippen LogP) is 14.2. The Bertz CT molecular complexity index is 3370. The quantitative estimate of drug-likeness (QED) is 0.168. The zero-order valence-electron chi connectivity index (χ0n) is 37.1. The number of fused-ring (bicyclic) bond motifs is 5. The number of hydrogen-bond acceptors (Lipinski definition) is 1. The van der Waals surface area contributed by atoms with Gasteiger partial charge in [0.25, 0.3) is 0 Å². The van der Waals surface area contributed by atoms with Crippen molar-refractivity contribution in [1.82, 2.24) is 0 Å². The second-order valence-electron chi connectivity index (χ2n) is 12.5. The highest BCUT2D eigenvalue weighted by atomic mass is 16.3. The molecule has 51 heavy (non-hydrogen) atoms. The monoisotopic (exact) mass is 658 g/mol. The van der Waals surface area contributed by atoms with E-state index in [1.54, 1.807) is 12.1 Å². The Hall–Kier alpha value is -6.70. The summed E-state index contributed by atoms with van der Waals surface area (Å²) in [5, 5.41) is 5.48. The van der Waals surface area contributed by atoms with E-state index in [1.165, 1.54) is 0 Å². The first kappa shape index (κ1) is 20.7. The summed E-state index contributed by atoms with van der Waals surface area (Å²) >= 11 is 0. The van der Waals surface area contributed by atoms with E-state index in [9.17, 15) is 0 Å². The minimum absolute atomic E-state index is 0.104. The maximum absolute atomic E-state index is 8.90. The topological polar surface area (TPSA) is 13.1 Å². The zero-order valence-corrected chi connectivity index (χ0v) is 27.1. The Morgan fingerprint density at radius 2 is 0.882 bits per heavy atom. The molecular formula is C50H32O. The van der Waals surface area contributed by atoms with Crippen LogP contribution in [0.4, 0.5) is 0 Å². The average Bonchev–Trinajstić information content (AvgIpc) is 3.67. The second-order valence-corrected chi connectivity index (χ2v) is 12.5. The molecule has 1 nitrogen and oxygen atoms in total. The molecule has 10 aromatic rings. The van der Waals surface area contributed by atoms with Crippen molar-refractivity contribution in [3.05, 3.63) is 194 Å². The Balaban J connectivity index is 1.25. The molecule has 0 aliphatic carbocycles. The average molecular weight is 659 g/mol. The maximum Gasteiger partial charge on any atom is 0.136 e. The Kier molecular flexibility index (Phi) is 4.88. The van der Waals surface area contributed by atoms with Gasteiger partial charge < -0.3 is 4.42 Å². The summed E-state index contributed by atoms with van der Waals surface area (Å²) in [5.74, 6) is 0. The lowest BCUT2D eigenvalue weighted by molar-refractivity contribution is 0.669. The van der Waals surface area contributed by atoms with Crippen molar-refractivity contribution in [2.45, 2.75) is 0 Å². The van der Waals surface area contributed by atoms with E-state index in [-0.39, 0.29) is 35.3 Å². The SMILES string of the molecule is [2H]c1c([2H])c([2H])c(-c2cc(-c3ccccc3)cc(-c3c4ccccc4c(-c4cccc5oc6cc(-c7c([2H])c([2H])c([2H])c([2H])c7[2H])ccc6c45)c4ccccc34)c2)c([2H])c1[2H]. The van der Waals surface area contributed by atoms with E-state index in [2.05, 4.69) is 36.4 Å². The van der Waals surface area contributed by atoms with Crippen LogP contribution in [0.15, 0.2) is 198 Å². The smallest absolute Gasteiger partial charge is 0.136 e. The van der Waals surface area contributed by atoms with Crippen LogP contribution in [0.5, 0.6) is 0 Å². The highest BCUT2D eigenvalue weighted by Gasteiger charge is 2.21. The number of benzene rings is 9. The van der Waals surface area contributed by atoms with Crippen molar-refractivity contribution in [1.29, 1.82) is 0 Å². The summed E-state index contributed by atoms with van der Waals surface area (Å²) in [7, 11) is 0. The normalized spacial score (nSPS) is 14.3. The van der Waals surface area contributed by atoms with E-state index in [0.717, 1.165) is 65.7 Å². The number of furan rings is 1. The molecule has 238 valence electrons. The molecule has 10 rings (SSSR count). The highest BCUT2D eigenvalue weighted by molar-refractivity contribution is 6.25. The van der Waals surface area contributed by atoms with Crippen LogP contribution in [0.3, 0.4) is 0 Å².